The Kier molecular flexibility index (Phi) is 2.28. The van der Waals surface area contributed by atoms with Crippen molar-refractivity contribution in [3.8, 4) is 0 Å². The largest absolute Gasteiger partial charge is 0.0804 e. The number of hydrogen-bond acceptors (Lipinski definition) is 0. The van der Waals surface area contributed by atoms with Crippen molar-refractivity contribution in [2.24, 2.45) is 0 Å². The predicted octanol–water partition coefficient (Wildman–Crippen LogP) is 3.10. The van der Waals surface area contributed by atoms with Crippen LogP contribution in [0.5, 0.6) is 0 Å². The van der Waals surface area contributed by atoms with Crippen molar-refractivity contribution < 1.29 is 0 Å². The van der Waals surface area contributed by atoms with Gasteiger partial charge in [0, 0.05) is 0 Å². The summed E-state index contributed by atoms with van der Waals surface area (Å²) in [4.78, 5) is 0. The van der Waals surface area contributed by atoms with Gasteiger partial charge in [0.15, 0.2) is 0 Å². The fraction of sp³-hybridized carbons (Fsp3) is 0.273. The van der Waals surface area contributed by atoms with Gasteiger partial charge in [-0.15, -0.1) is 0 Å². The minimum absolute atomic E-state index is 0.0597. The zero-order valence-corrected chi connectivity index (χ0v) is 8.22. The van der Waals surface area contributed by atoms with Crippen LogP contribution in [0.25, 0.3) is 0 Å². The standard InChI is InChI=1S/C11H13P/c1-10-6-5-9-12(10)11-7-3-2-4-8-11/h2-4,6-8H,5,9H2,1H3. The van der Waals surface area contributed by atoms with Crippen LogP contribution < -0.4 is 5.30 Å². The van der Waals surface area contributed by atoms with Crippen LogP contribution in [0.1, 0.15) is 13.3 Å². The van der Waals surface area contributed by atoms with Gasteiger partial charge in [0.25, 0.3) is 0 Å². The van der Waals surface area contributed by atoms with E-state index in [0.717, 1.165) is 0 Å². The minimum Gasteiger partial charge on any atom is -0.0804 e. The lowest BCUT2D eigenvalue weighted by molar-refractivity contribution is 1.26. The molecule has 1 aliphatic heterocycles. The van der Waals surface area contributed by atoms with Crippen molar-refractivity contribution in [3.05, 3.63) is 41.7 Å². The van der Waals surface area contributed by atoms with Crippen LogP contribution in [0.3, 0.4) is 0 Å². The highest BCUT2D eigenvalue weighted by Gasteiger charge is 2.15. The van der Waals surface area contributed by atoms with E-state index in [1.54, 1.807) is 10.6 Å². The van der Waals surface area contributed by atoms with Gasteiger partial charge < -0.3 is 0 Å². The second-order valence-electron chi connectivity index (χ2n) is 3.12. The van der Waals surface area contributed by atoms with E-state index in [9.17, 15) is 0 Å². The normalized spacial score (nSPS) is 22.4. The highest BCUT2D eigenvalue weighted by molar-refractivity contribution is 7.69. The van der Waals surface area contributed by atoms with Gasteiger partial charge >= 0.3 is 0 Å². The molecule has 1 aromatic rings. The molecule has 0 N–H and O–H groups in total. The summed E-state index contributed by atoms with van der Waals surface area (Å²) in [6.07, 6.45) is 5.04. The molecule has 2 rings (SSSR count). The first-order valence-electron chi connectivity index (χ1n) is 4.37. The third-order valence-corrected chi connectivity index (χ3v) is 4.95. The van der Waals surface area contributed by atoms with Crippen molar-refractivity contribution >= 4 is 13.2 Å². The average Bonchev–Trinajstić information content (AvgIpc) is 2.53. The molecule has 0 aromatic heterocycles. The maximum Gasteiger partial charge on any atom is -0.0199 e. The molecule has 0 amide bonds. The molecule has 0 spiro atoms. The van der Waals surface area contributed by atoms with E-state index in [-0.39, 0.29) is 7.92 Å². The second-order valence-corrected chi connectivity index (χ2v) is 5.65. The molecule has 0 radical (unpaired) electrons. The van der Waals surface area contributed by atoms with Crippen LogP contribution in [-0.2, 0) is 0 Å². The van der Waals surface area contributed by atoms with Crippen LogP contribution in [0.2, 0.25) is 0 Å². The first-order chi connectivity index (χ1) is 5.88. The lowest BCUT2D eigenvalue weighted by Gasteiger charge is -2.11. The van der Waals surface area contributed by atoms with Crippen molar-refractivity contribution in [1.82, 2.24) is 0 Å². The summed E-state index contributed by atoms with van der Waals surface area (Å²) in [5, 5.41) is 3.15. The third kappa shape index (κ3) is 1.44. The molecule has 1 unspecified atom stereocenters. The summed E-state index contributed by atoms with van der Waals surface area (Å²) in [6.45, 7) is 2.27. The Morgan fingerprint density at radius 1 is 1.17 bits per heavy atom. The highest BCUT2D eigenvalue weighted by Crippen LogP contribution is 2.48. The average molecular weight is 176 g/mol. The molecule has 1 atom stereocenters. The van der Waals surface area contributed by atoms with Crippen LogP contribution in [0, 0.1) is 0 Å². The fourth-order valence-corrected chi connectivity index (χ4v) is 3.92. The molecule has 0 bridgehead atoms. The zero-order valence-electron chi connectivity index (χ0n) is 7.33. The van der Waals surface area contributed by atoms with Crippen molar-refractivity contribution in [2.45, 2.75) is 13.3 Å². The van der Waals surface area contributed by atoms with Crippen molar-refractivity contribution in [2.75, 3.05) is 6.16 Å². The van der Waals surface area contributed by atoms with Gasteiger partial charge in [-0.25, -0.2) is 0 Å². The first kappa shape index (κ1) is 8.01. The van der Waals surface area contributed by atoms with E-state index in [0.29, 0.717) is 0 Å². The molecule has 0 saturated carbocycles. The van der Waals surface area contributed by atoms with Gasteiger partial charge in [0.05, 0.1) is 0 Å². The summed E-state index contributed by atoms with van der Waals surface area (Å²) < 4.78 is 0. The van der Waals surface area contributed by atoms with E-state index in [1.165, 1.54) is 12.6 Å². The van der Waals surface area contributed by atoms with Gasteiger partial charge in [0.1, 0.15) is 0 Å². The Balaban J connectivity index is 2.27. The summed E-state index contributed by atoms with van der Waals surface area (Å²) in [7, 11) is 0.0597. The van der Waals surface area contributed by atoms with E-state index >= 15 is 0 Å². The van der Waals surface area contributed by atoms with E-state index in [2.05, 4.69) is 43.3 Å². The summed E-state index contributed by atoms with van der Waals surface area (Å²) in [5.41, 5.74) is 0. The van der Waals surface area contributed by atoms with Crippen LogP contribution >= 0.6 is 7.92 Å². The molecule has 0 nitrogen and oxygen atoms in total. The molecule has 1 aromatic carbocycles. The van der Waals surface area contributed by atoms with Crippen molar-refractivity contribution in [1.29, 1.82) is 0 Å². The van der Waals surface area contributed by atoms with E-state index in [4.69, 9.17) is 0 Å². The molecule has 1 heteroatoms. The Bertz CT molecular complexity index is 287. The highest BCUT2D eigenvalue weighted by atomic mass is 31.1. The number of rotatable bonds is 1. The van der Waals surface area contributed by atoms with Gasteiger partial charge in [-0.05, 0) is 38.0 Å². The zero-order chi connectivity index (χ0) is 8.39. The SMILES string of the molecule is CC1=CCCP1c1ccccc1. The smallest absolute Gasteiger partial charge is 0.0199 e. The molecular formula is C11H13P. The quantitative estimate of drug-likeness (QED) is 0.577. The lowest BCUT2D eigenvalue weighted by Crippen LogP contribution is -1.99. The maximum absolute atomic E-state index is 2.39. The Morgan fingerprint density at radius 2 is 1.92 bits per heavy atom. The van der Waals surface area contributed by atoms with E-state index < -0.39 is 0 Å². The monoisotopic (exact) mass is 176 g/mol. The molecule has 62 valence electrons. The topological polar surface area (TPSA) is 0 Å². The maximum atomic E-state index is 2.39. The third-order valence-electron chi connectivity index (χ3n) is 2.29. The van der Waals surface area contributed by atoms with Crippen molar-refractivity contribution in [3.63, 3.8) is 0 Å². The van der Waals surface area contributed by atoms with Gasteiger partial charge in [-0.3, -0.25) is 0 Å². The van der Waals surface area contributed by atoms with Crippen LogP contribution in [0.4, 0.5) is 0 Å². The number of allylic oxidation sites excluding steroid dienone is 2. The summed E-state index contributed by atoms with van der Waals surface area (Å²) in [5.74, 6) is 0. The molecule has 0 fully saturated rings. The molecule has 0 aliphatic carbocycles. The first-order valence-corrected chi connectivity index (χ1v) is 5.90. The van der Waals surface area contributed by atoms with Crippen LogP contribution in [-0.4, -0.2) is 6.16 Å². The van der Waals surface area contributed by atoms with Gasteiger partial charge in [0.2, 0.25) is 0 Å². The van der Waals surface area contributed by atoms with E-state index in [1.807, 2.05) is 0 Å². The number of benzene rings is 1. The molecule has 12 heavy (non-hydrogen) atoms. The molecule has 1 aliphatic rings. The molecular weight excluding hydrogens is 163 g/mol. The fourth-order valence-electron chi connectivity index (χ4n) is 1.63. The minimum atomic E-state index is 0.0597. The Hall–Kier alpha value is -0.610. The summed E-state index contributed by atoms with van der Waals surface area (Å²) >= 11 is 0. The Morgan fingerprint density at radius 3 is 2.50 bits per heavy atom. The molecule has 1 heterocycles. The second kappa shape index (κ2) is 3.41. The Labute approximate surface area is 75.1 Å². The van der Waals surface area contributed by atoms with Gasteiger partial charge in [-0.1, -0.05) is 36.4 Å². The molecule has 0 saturated heterocycles. The van der Waals surface area contributed by atoms with Crippen LogP contribution in [0.15, 0.2) is 41.7 Å². The number of hydrogen-bond donors (Lipinski definition) is 0. The van der Waals surface area contributed by atoms with Gasteiger partial charge in [-0.2, -0.15) is 0 Å². The lowest BCUT2D eigenvalue weighted by atomic mass is 10.4. The summed E-state index contributed by atoms with van der Waals surface area (Å²) in [6, 6.07) is 10.9. The predicted molar refractivity (Wildman–Crippen MR) is 56.2 cm³/mol.